The van der Waals surface area contributed by atoms with Gasteiger partial charge < -0.3 is 20.3 Å². The lowest BCUT2D eigenvalue weighted by Crippen LogP contribution is -2.63. The van der Waals surface area contributed by atoms with E-state index in [9.17, 15) is 9.59 Å². The number of nitrogens with one attached hydrogen (secondary N) is 2. The van der Waals surface area contributed by atoms with Crippen molar-refractivity contribution in [3.8, 4) is 0 Å². The molecule has 0 aliphatic carbocycles. The molecular formula is C28H35N3O3. The van der Waals surface area contributed by atoms with E-state index < -0.39 is 11.0 Å². The molecule has 3 fully saturated rings. The number of piperidine rings is 1. The van der Waals surface area contributed by atoms with Crippen molar-refractivity contribution >= 4 is 11.8 Å². The quantitative estimate of drug-likeness (QED) is 0.718. The highest BCUT2D eigenvalue weighted by atomic mass is 16.5. The monoisotopic (exact) mass is 461 g/mol. The van der Waals surface area contributed by atoms with Gasteiger partial charge in [-0.25, -0.2) is 0 Å². The zero-order chi connectivity index (χ0) is 23.6. The molecule has 3 aliphatic rings. The van der Waals surface area contributed by atoms with Crippen LogP contribution in [0.4, 0.5) is 0 Å². The molecule has 2 N–H and O–H groups in total. The summed E-state index contributed by atoms with van der Waals surface area (Å²) in [6.07, 6.45) is 3.06. The van der Waals surface area contributed by atoms with Gasteiger partial charge in [0.1, 0.15) is 0 Å². The number of rotatable bonds is 5. The summed E-state index contributed by atoms with van der Waals surface area (Å²) in [7, 11) is 0. The van der Waals surface area contributed by atoms with E-state index in [2.05, 4.69) is 39.8 Å². The fraction of sp³-hybridized carbons (Fsp3) is 0.500. The van der Waals surface area contributed by atoms with Crippen LogP contribution in [0.5, 0.6) is 0 Å². The molecule has 6 nitrogen and oxygen atoms in total. The van der Waals surface area contributed by atoms with Crippen molar-refractivity contribution in [2.24, 2.45) is 11.3 Å². The second-order valence-electron chi connectivity index (χ2n) is 10.3. The average molecular weight is 462 g/mol. The topological polar surface area (TPSA) is 70.7 Å². The Kier molecular flexibility index (Phi) is 6.45. The third kappa shape index (κ3) is 4.25. The smallest absolute Gasteiger partial charge is 0.229 e. The van der Waals surface area contributed by atoms with Crippen molar-refractivity contribution in [3.05, 3.63) is 71.8 Å². The Morgan fingerprint density at radius 2 is 1.74 bits per heavy atom. The highest BCUT2D eigenvalue weighted by Crippen LogP contribution is 2.49. The van der Waals surface area contributed by atoms with Gasteiger partial charge in [0.05, 0.1) is 17.0 Å². The molecule has 6 heteroatoms. The van der Waals surface area contributed by atoms with Gasteiger partial charge in [-0.05, 0) is 43.4 Å². The third-order valence-electron chi connectivity index (χ3n) is 8.07. The molecule has 34 heavy (non-hydrogen) atoms. The van der Waals surface area contributed by atoms with Crippen molar-refractivity contribution < 1.29 is 14.3 Å². The molecule has 180 valence electrons. The SMILES string of the molecule is CC(=O)N[C@@]12CNCC[C@@H]1[C@@H](c1ccccc1)N(C(=O)C1(Cc3ccccc3)CCOCC1)C2. The Morgan fingerprint density at radius 3 is 2.41 bits per heavy atom. The molecule has 0 unspecified atom stereocenters. The second-order valence-corrected chi connectivity index (χ2v) is 10.3. The maximum atomic E-state index is 14.6. The molecule has 3 aliphatic heterocycles. The van der Waals surface area contributed by atoms with Gasteiger partial charge in [0.25, 0.3) is 0 Å². The van der Waals surface area contributed by atoms with E-state index in [4.69, 9.17) is 4.74 Å². The zero-order valence-corrected chi connectivity index (χ0v) is 20.0. The summed E-state index contributed by atoms with van der Waals surface area (Å²) in [6.45, 7) is 4.88. The van der Waals surface area contributed by atoms with Gasteiger partial charge in [0.2, 0.25) is 11.8 Å². The van der Waals surface area contributed by atoms with E-state index in [0.717, 1.165) is 31.4 Å². The van der Waals surface area contributed by atoms with E-state index in [0.29, 0.717) is 32.7 Å². The molecule has 3 saturated heterocycles. The molecule has 2 amide bonds. The van der Waals surface area contributed by atoms with Crippen LogP contribution >= 0.6 is 0 Å². The van der Waals surface area contributed by atoms with Gasteiger partial charge in [0, 0.05) is 39.1 Å². The Balaban J connectivity index is 1.56. The van der Waals surface area contributed by atoms with Crippen molar-refractivity contribution in [1.29, 1.82) is 0 Å². The lowest BCUT2D eigenvalue weighted by atomic mass is 9.73. The van der Waals surface area contributed by atoms with Gasteiger partial charge in [-0.3, -0.25) is 9.59 Å². The number of carbonyl (C=O) groups is 2. The minimum absolute atomic E-state index is 0.0418. The fourth-order valence-corrected chi connectivity index (χ4v) is 6.54. The van der Waals surface area contributed by atoms with Gasteiger partial charge in [0.15, 0.2) is 0 Å². The van der Waals surface area contributed by atoms with Crippen molar-refractivity contribution in [2.45, 2.75) is 44.2 Å². The number of carbonyl (C=O) groups excluding carboxylic acids is 2. The van der Waals surface area contributed by atoms with Gasteiger partial charge >= 0.3 is 0 Å². The number of benzene rings is 2. The van der Waals surface area contributed by atoms with Crippen LogP contribution in [0.1, 0.15) is 43.4 Å². The summed E-state index contributed by atoms with van der Waals surface area (Å²) in [4.78, 5) is 29.0. The minimum atomic E-state index is -0.495. The number of nitrogens with zero attached hydrogens (tertiary/aromatic N) is 1. The van der Waals surface area contributed by atoms with Crippen LogP contribution in [-0.2, 0) is 20.7 Å². The molecule has 3 atom stereocenters. The van der Waals surface area contributed by atoms with Gasteiger partial charge in [-0.15, -0.1) is 0 Å². The average Bonchev–Trinajstić information content (AvgIpc) is 3.19. The van der Waals surface area contributed by atoms with Crippen LogP contribution in [0.15, 0.2) is 60.7 Å². The number of fused-ring (bicyclic) bond motifs is 1. The highest BCUT2D eigenvalue weighted by Gasteiger charge is 2.58. The Labute approximate surface area is 202 Å². The predicted molar refractivity (Wildman–Crippen MR) is 131 cm³/mol. The molecule has 5 rings (SSSR count). The van der Waals surface area contributed by atoms with Crippen LogP contribution in [0.25, 0.3) is 0 Å². The Morgan fingerprint density at radius 1 is 1.06 bits per heavy atom. The first kappa shape index (κ1) is 23.1. The summed E-state index contributed by atoms with van der Waals surface area (Å²) in [6, 6.07) is 20.7. The van der Waals surface area contributed by atoms with Crippen LogP contribution in [0.3, 0.4) is 0 Å². The maximum Gasteiger partial charge on any atom is 0.229 e. The number of hydrogen-bond donors (Lipinski definition) is 2. The van der Waals surface area contributed by atoms with Crippen LogP contribution < -0.4 is 10.6 Å². The summed E-state index contributed by atoms with van der Waals surface area (Å²) in [5.74, 6) is 0.324. The van der Waals surface area contributed by atoms with Crippen LogP contribution in [0.2, 0.25) is 0 Å². The Hall–Kier alpha value is -2.70. The number of hydrogen-bond acceptors (Lipinski definition) is 4. The normalized spacial score (nSPS) is 28.2. The standard InChI is InChI=1S/C28H35N3O3/c1-21(32)30-28-19-29-15-12-24(28)25(23-10-6-3-7-11-23)31(20-28)26(33)27(13-16-34-17-14-27)18-22-8-4-2-5-9-22/h2-11,24-25,29H,12-20H2,1H3,(H,30,32)/t24-,25-,28-/m1/s1. The molecule has 0 radical (unpaired) electrons. The summed E-state index contributed by atoms with van der Waals surface area (Å²) < 4.78 is 5.72. The second kappa shape index (κ2) is 9.51. The molecule has 2 aromatic carbocycles. The van der Waals surface area contributed by atoms with Crippen molar-refractivity contribution in [2.75, 3.05) is 32.8 Å². The summed E-state index contributed by atoms with van der Waals surface area (Å²) in [5, 5.41) is 6.78. The van der Waals surface area contributed by atoms with Gasteiger partial charge in [-0.1, -0.05) is 60.7 Å². The van der Waals surface area contributed by atoms with E-state index in [1.54, 1.807) is 6.92 Å². The summed E-state index contributed by atoms with van der Waals surface area (Å²) >= 11 is 0. The molecule has 0 spiro atoms. The molecule has 0 aromatic heterocycles. The van der Waals surface area contributed by atoms with Crippen molar-refractivity contribution in [3.63, 3.8) is 0 Å². The third-order valence-corrected chi connectivity index (χ3v) is 8.07. The highest BCUT2D eigenvalue weighted by molar-refractivity contribution is 5.85. The fourth-order valence-electron chi connectivity index (χ4n) is 6.54. The summed E-state index contributed by atoms with van der Waals surface area (Å²) in [5.41, 5.74) is 1.38. The number of amides is 2. The maximum absolute atomic E-state index is 14.6. The number of likely N-dealkylation sites (tertiary alicyclic amines) is 1. The molecule has 2 aromatic rings. The van der Waals surface area contributed by atoms with E-state index in [1.165, 1.54) is 5.56 Å². The Bertz CT molecular complexity index is 1010. The van der Waals surface area contributed by atoms with Gasteiger partial charge in [-0.2, -0.15) is 0 Å². The lowest BCUT2D eigenvalue weighted by molar-refractivity contribution is -0.149. The number of ether oxygens (including phenoxy) is 1. The van der Waals surface area contributed by atoms with Crippen LogP contribution in [0, 0.1) is 11.3 Å². The largest absolute Gasteiger partial charge is 0.381 e. The molecule has 3 heterocycles. The predicted octanol–water partition coefficient (Wildman–Crippen LogP) is 3.09. The minimum Gasteiger partial charge on any atom is -0.381 e. The lowest BCUT2D eigenvalue weighted by Gasteiger charge is -2.41. The van der Waals surface area contributed by atoms with E-state index in [1.807, 2.05) is 36.4 Å². The van der Waals surface area contributed by atoms with Crippen LogP contribution in [-0.4, -0.2) is 55.1 Å². The first-order valence-electron chi connectivity index (χ1n) is 12.5. The first-order valence-corrected chi connectivity index (χ1v) is 12.5. The van der Waals surface area contributed by atoms with E-state index in [-0.39, 0.29) is 23.8 Å². The molecular weight excluding hydrogens is 426 g/mol. The zero-order valence-electron chi connectivity index (χ0n) is 20.0. The first-order chi connectivity index (χ1) is 16.5. The van der Waals surface area contributed by atoms with Crippen molar-refractivity contribution in [1.82, 2.24) is 15.5 Å². The molecule has 0 saturated carbocycles. The van der Waals surface area contributed by atoms with E-state index >= 15 is 0 Å². The molecule has 0 bridgehead atoms.